The number of hydrogen-bond acceptors (Lipinski definition) is 15. The summed E-state index contributed by atoms with van der Waals surface area (Å²) in [6.45, 7) is 12.6. The summed E-state index contributed by atoms with van der Waals surface area (Å²) in [5.41, 5.74) is 7.99. The van der Waals surface area contributed by atoms with Crippen molar-refractivity contribution in [2.45, 2.75) is 185 Å². The van der Waals surface area contributed by atoms with Gasteiger partial charge in [0.2, 0.25) is 47.3 Å². The number of carboxylic acid groups (broad SMARTS) is 1. The van der Waals surface area contributed by atoms with E-state index < -0.39 is 114 Å². The highest BCUT2D eigenvalue weighted by Crippen LogP contribution is 2.21. The van der Waals surface area contributed by atoms with Crippen LogP contribution in [-0.4, -0.2) is 180 Å². The van der Waals surface area contributed by atoms with E-state index in [1.807, 2.05) is 65.0 Å². The molecule has 8 amide bonds. The first kappa shape index (κ1) is 68.1. The third-order valence-electron chi connectivity index (χ3n) is 15.9. The normalized spacial score (nSPS) is 18.1. The van der Waals surface area contributed by atoms with Crippen LogP contribution in [0.15, 0.2) is 67.9 Å². The van der Waals surface area contributed by atoms with Crippen LogP contribution in [0.2, 0.25) is 0 Å². The zero-order valence-corrected chi connectivity index (χ0v) is 50.9. The first-order chi connectivity index (χ1) is 41.7. The molecule has 0 spiro atoms. The van der Waals surface area contributed by atoms with Gasteiger partial charge in [0.1, 0.15) is 42.3 Å². The molecular formula is C60H91N17O10. The fourth-order valence-electron chi connectivity index (χ4n) is 10.9. The maximum absolute atomic E-state index is 14.8. The van der Waals surface area contributed by atoms with Crippen LogP contribution < -0.4 is 53.6 Å². The van der Waals surface area contributed by atoms with E-state index in [4.69, 9.17) is 5.73 Å². The molecule has 5 heterocycles. The minimum atomic E-state index is -1.24. The van der Waals surface area contributed by atoms with E-state index in [1.54, 1.807) is 13.1 Å². The van der Waals surface area contributed by atoms with Crippen molar-refractivity contribution in [3.63, 3.8) is 0 Å². The molecule has 1 aromatic carbocycles. The highest BCUT2D eigenvalue weighted by molar-refractivity contribution is 5.97. The number of carboxylic acids is 1. The molecule has 0 bridgehead atoms. The maximum Gasteiger partial charge on any atom is 0.326 e. The summed E-state index contributed by atoms with van der Waals surface area (Å²) >= 11 is 0. The first-order valence-electron chi connectivity index (χ1n) is 30.5. The van der Waals surface area contributed by atoms with E-state index in [2.05, 4.69) is 77.8 Å². The van der Waals surface area contributed by atoms with Crippen LogP contribution in [0, 0.1) is 17.8 Å². The monoisotopic (exact) mass is 1210 g/mol. The number of unbranched alkanes of at least 4 members (excludes halogenated alkanes) is 1. The van der Waals surface area contributed by atoms with Gasteiger partial charge < -0.3 is 78.5 Å². The number of benzene rings is 1. The van der Waals surface area contributed by atoms with Crippen LogP contribution >= 0.6 is 0 Å². The summed E-state index contributed by atoms with van der Waals surface area (Å²) in [6.07, 6.45) is 13.3. The summed E-state index contributed by atoms with van der Waals surface area (Å²) in [4.78, 5) is 149. The number of aromatic amines is 3. The molecule has 87 heavy (non-hydrogen) atoms. The molecule has 0 radical (unpaired) electrons. The Labute approximate surface area is 508 Å². The standard InChI is InChI=1S/C60H91N17O10/c1-7-37(6)51(58(84)74-47(26-40-29-63-33-68-40)55(81)71-44(60(86)87)17-11-12-20-61)76-57(83)50(36(4)5)66-31-42(23-35(2)3)70-53(79)46(25-39-28-62-32-67-39)72-54(80)45(24-38-15-9-8-10-16-38)73-56(82)49-19-14-22-77(49)59(85)48(27-41-30-64-34-69-41)75-52(78)43-18-13-21-65-43/h8-10,15-16,28-30,32-37,42-51,65-66H,7,11-14,17-27,31,61H2,1-6H3,(H,62,67)(H,63,68)(H,64,69)(H,70,79)(H,71,81)(H,72,80)(H,73,82)(H,74,84)(H,75,78)(H,76,83)(H,86,87)/t37-,42-,43+,44-,45-,46-,47-,48-,49+,50-,51-/m0/s1. The van der Waals surface area contributed by atoms with Crippen molar-refractivity contribution in [3.05, 3.63) is 90.5 Å². The van der Waals surface area contributed by atoms with E-state index in [-0.39, 0.29) is 62.9 Å². The molecule has 27 heteroatoms. The number of carbonyl (C=O) groups excluding carboxylic acids is 8. The Balaban J connectivity index is 1.16. The Kier molecular flexibility index (Phi) is 26.9. The predicted octanol–water partition coefficient (Wildman–Crippen LogP) is 0.183. The maximum atomic E-state index is 14.8. The molecule has 6 rings (SSSR count). The number of likely N-dealkylation sites (tertiary alicyclic amines) is 1. The van der Waals surface area contributed by atoms with Gasteiger partial charge in [0.25, 0.3) is 0 Å². The van der Waals surface area contributed by atoms with Crippen molar-refractivity contribution in [2.24, 2.45) is 23.5 Å². The lowest BCUT2D eigenvalue weighted by atomic mass is 9.95. The largest absolute Gasteiger partial charge is 0.480 e. The van der Waals surface area contributed by atoms with Crippen LogP contribution in [0.1, 0.15) is 122 Å². The second-order valence-electron chi connectivity index (χ2n) is 23.6. The molecule has 0 aliphatic carbocycles. The predicted molar refractivity (Wildman–Crippen MR) is 322 cm³/mol. The zero-order chi connectivity index (χ0) is 63.0. The van der Waals surface area contributed by atoms with Gasteiger partial charge in [0.15, 0.2) is 0 Å². The number of imidazole rings is 3. The highest BCUT2D eigenvalue weighted by atomic mass is 16.4. The molecule has 27 nitrogen and oxygen atoms in total. The number of nitrogens with two attached hydrogens (primary N) is 1. The van der Waals surface area contributed by atoms with Gasteiger partial charge in [-0.3, -0.25) is 38.4 Å². The van der Waals surface area contributed by atoms with Crippen molar-refractivity contribution in [2.75, 3.05) is 26.2 Å². The number of nitrogens with zero attached hydrogens (tertiary/aromatic N) is 4. The van der Waals surface area contributed by atoms with Gasteiger partial charge in [-0.1, -0.05) is 78.3 Å². The smallest absolute Gasteiger partial charge is 0.326 e. The Morgan fingerprint density at radius 1 is 0.632 bits per heavy atom. The molecule has 3 aromatic heterocycles. The zero-order valence-electron chi connectivity index (χ0n) is 50.9. The minimum Gasteiger partial charge on any atom is -0.480 e. The number of aliphatic carboxylic acids is 1. The number of rotatable bonds is 36. The SMILES string of the molecule is CC[C@H](C)[C@H](NC(=O)[C@@H](NC[C@H](CC(C)C)NC(=O)[C@H](Cc1cnc[nH]1)NC(=O)[C@H](Cc1ccccc1)NC(=O)[C@H]1CCCN1C(=O)[C@H](Cc1cnc[nH]1)NC(=O)[C@H]1CCCN1)C(C)C)C(=O)N[C@@H](Cc1cnc[nH]1)C(=O)N[C@@H](CCCCN)C(=O)O. The second-order valence-corrected chi connectivity index (χ2v) is 23.6. The topological polar surface area (TPSA) is 397 Å². The highest BCUT2D eigenvalue weighted by Gasteiger charge is 2.41. The number of aromatic nitrogens is 6. The van der Waals surface area contributed by atoms with Crippen molar-refractivity contribution >= 4 is 53.2 Å². The van der Waals surface area contributed by atoms with Gasteiger partial charge >= 0.3 is 5.97 Å². The number of hydrogen-bond donors (Lipinski definition) is 14. The molecule has 15 N–H and O–H groups in total. The van der Waals surface area contributed by atoms with Gasteiger partial charge in [-0.2, -0.15) is 0 Å². The van der Waals surface area contributed by atoms with Gasteiger partial charge in [-0.25, -0.2) is 19.7 Å². The number of amides is 8. The van der Waals surface area contributed by atoms with E-state index in [1.165, 1.54) is 36.3 Å². The molecule has 2 saturated heterocycles. The third kappa shape index (κ3) is 21.1. The fourth-order valence-corrected chi connectivity index (χ4v) is 10.9. The Morgan fingerprint density at radius 3 is 1.71 bits per heavy atom. The quantitative estimate of drug-likeness (QED) is 0.0270. The van der Waals surface area contributed by atoms with Crippen molar-refractivity contribution < 1.29 is 48.3 Å². The number of carbonyl (C=O) groups is 9. The Morgan fingerprint density at radius 2 is 1.18 bits per heavy atom. The summed E-state index contributed by atoms with van der Waals surface area (Å²) in [7, 11) is 0. The molecule has 11 atom stereocenters. The van der Waals surface area contributed by atoms with Crippen LogP contribution in [-0.2, 0) is 68.8 Å². The third-order valence-corrected chi connectivity index (χ3v) is 15.9. The molecule has 476 valence electrons. The van der Waals surface area contributed by atoms with Crippen molar-refractivity contribution in [1.29, 1.82) is 0 Å². The molecule has 0 unspecified atom stereocenters. The summed E-state index contributed by atoms with van der Waals surface area (Å²) in [5, 5.41) is 36.6. The van der Waals surface area contributed by atoms with Gasteiger partial charge in [0, 0.05) is 80.5 Å². The average molecular weight is 1210 g/mol. The number of nitrogens with one attached hydrogen (secondary N) is 12. The molecular weight excluding hydrogens is 1120 g/mol. The molecule has 2 aliphatic heterocycles. The van der Waals surface area contributed by atoms with Gasteiger partial charge in [-0.05, 0) is 87.8 Å². The van der Waals surface area contributed by atoms with Crippen molar-refractivity contribution in [3.8, 4) is 0 Å². The van der Waals surface area contributed by atoms with Crippen LogP contribution in [0.5, 0.6) is 0 Å². The van der Waals surface area contributed by atoms with E-state index in [0.717, 1.165) is 12.0 Å². The van der Waals surface area contributed by atoms with Crippen LogP contribution in [0.3, 0.4) is 0 Å². The lowest BCUT2D eigenvalue weighted by Gasteiger charge is -2.31. The fraction of sp³-hybridized carbons (Fsp3) is 0.600. The first-order valence-corrected chi connectivity index (χ1v) is 30.5. The van der Waals surface area contributed by atoms with Crippen LogP contribution in [0.4, 0.5) is 0 Å². The summed E-state index contributed by atoms with van der Waals surface area (Å²) in [6, 6.07) is -0.892. The second kappa shape index (κ2) is 34.3. The lowest BCUT2D eigenvalue weighted by Crippen LogP contribution is -2.61. The molecule has 0 saturated carbocycles. The van der Waals surface area contributed by atoms with Gasteiger partial charge in [-0.15, -0.1) is 0 Å². The van der Waals surface area contributed by atoms with E-state index >= 15 is 0 Å². The van der Waals surface area contributed by atoms with E-state index in [0.29, 0.717) is 75.1 Å². The van der Waals surface area contributed by atoms with Crippen LogP contribution in [0.25, 0.3) is 0 Å². The molecule has 2 aliphatic rings. The van der Waals surface area contributed by atoms with Gasteiger partial charge in [0.05, 0.1) is 31.1 Å². The van der Waals surface area contributed by atoms with E-state index in [9.17, 15) is 48.3 Å². The molecule has 2 fully saturated rings. The summed E-state index contributed by atoms with van der Waals surface area (Å²) < 4.78 is 0. The average Bonchev–Trinajstić information content (AvgIpc) is 3.05. The van der Waals surface area contributed by atoms with Crippen molar-refractivity contribution in [1.82, 2.24) is 82.7 Å². The Hall–Kier alpha value is -8.04. The summed E-state index contributed by atoms with van der Waals surface area (Å²) in [5.74, 6) is -6.41. The Bertz CT molecular complexity index is 2810. The molecule has 4 aromatic rings. The minimum absolute atomic E-state index is 0.0223. The number of H-pyrrole nitrogens is 3. The lowest BCUT2D eigenvalue weighted by molar-refractivity contribution is -0.142.